The Balaban J connectivity index is 1.42. The minimum atomic E-state index is -0.180. The van der Waals surface area contributed by atoms with Crippen LogP contribution in [0.1, 0.15) is 52.1 Å². The monoisotopic (exact) mass is 388 g/mol. The highest BCUT2D eigenvalue weighted by Gasteiger charge is 2.42. The van der Waals surface area contributed by atoms with Crippen molar-refractivity contribution in [3.05, 3.63) is 39.6 Å². The second-order valence-corrected chi connectivity index (χ2v) is 8.56. The predicted octanol–water partition coefficient (Wildman–Crippen LogP) is 2.72. The zero-order chi connectivity index (χ0) is 18.7. The van der Waals surface area contributed by atoms with Gasteiger partial charge in [0.1, 0.15) is 5.82 Å². The average molecular weight is 389 g/mol. The Hall–Kier alpha value is -1.70. The zero-order valence-electron chi connectivity index (χ0n) is 15.9. The third kappa shape index (κ3) is 3.95. The second-order valence-electron chi connectivity index (χ2n) is 7.42. The molecule has 1 spiro atoms. The van der Waals surface area contributed by atoms with Gasteiger partial charge in [0, 0.05) is 49.7 Å². The zero-order valence-corrected chi connectivity index (χ0v) is 16.7. The largest absolute Gasteiger partial charge is 0.370 e. The Labute approximate surface area is 164 Å². The summed E-state index contributed by atoms with van der Waals surface area (Å²) in [6.45, 7) is 6.90. The van der Waals surface area contributed by atoms with Gasteiger partial charge in [-0.3, -0.25) is 4.79 Å². The first-order valence-electron chi connectivity index (χ1n) is 9.96. The quantitative estimate of drug-likeness (QED) is 0.798. The van der Waals surface area contributed by atoms with Crippen molar-refractivity contribution in [2.75, 3.05) is 32.8 Å². The molecule has 0 aliphatic carbocycles. The lowest BCUT2D eigenvalue weighted by Crippen LogP contribution is -2.46. The molecule has 2 aromatic heterocycles. The number of nitrogens with one attached hydrogen (secondary N) is 2. The number of imidazole rings is 1. The Morgan fingerprint density at radius 2 is 2.30 bits per heavy atom. The van der Waals surface area contributed by atoms with E-state index in [0.29, 0.717) is 13.0 Å². The summed E-state index contributed by atoms with van der Waals surface area (Å²) in [5.74, 6) is 0.909. The van der Waals surface area contributed by atoms with E-state index in [-0.39, 0.29) is 11.5 Å². The molecule has 2 aliphatic heterocycles. The number of H-pyrrole nitrogens is 1. The molecule has 7 heteroatoms. The maximum absolute atomic E-state index is 12.6. The number of carbonyl (C=O) groups excluding carboxylic acids is 1. The van der Waals surface area contributed by atoms with Crippen molar-refractivity contribution in [3.8, 4) is 0 Å². The highest BCUT2D eigenvalue weighted by atomic mass is 32.1. The van der Waals surface area contributed by atoms with Gasteiger partial charge in [0.2, 0.25) is 0 Å². The molecule has 2 N–H and O–H groups in total. The van der Waals surface area contributed by atoms with Crippen molar-refractivity contribution in [1.29, 1.82) is 0 Å². The number of nitrogens with zero attached hydrogens (tertiary/aromatic N) is 2. The van der Waals surface area contributed by atoms with Crippen LogP contribution in [0, 0.1) is 0 Å². The molecule has 2 aromatic rings. The van der Waals surface area contributed by atoms with Gasteiger partial charge in [-0.1, -0.05) is 6.92 Å². The fourth-order valence-corrected chi connectivity index (χ4v) is 5.36. The second kappa shape index (κ2) is 8.12. The van der Waals surface area contributed by atoms with Crippen molar-refractivity contribution in [1.82, 2.24) is 20.2 Å². The third-order valence-electron chi connectivity index (χ3n) is 5.64. The molecule has 4 heterocycles. The van der Waals surface area contributed by atoms with Crippen LogP contribution < -0.4 is 5.32 Å². The smallest absolute Gasteiger partial charge is 0.261 e. The summed E-state index contributed by atoms with van der Waals surface area (Å²) in [6.07, 6.45) is 8.40. The molecule has 1 saturated heterocycles. The van der Waals surface area contributed by atoms with Crippen LogP contribution in [0.3, 0.4) is 0 Å². The van der Waals surface area contributed by atoms with Crippen molar-refractivity contribution in [2.45, 2.75) is 44.6 Å². The van der Waals surface area contributed by atoms with E-state index < -0.39 is 0 Å². The fraction of sp³-hybridized carbons (Fsp3) is 0.600. The first-order chi connectivity index (χ1) is 13.2. The van der Waals surface area contributed by atoms with Crippen molar-refractivity contribution in [2.24, 2.45) is 0 Å². The number of ether oxygens (including phenoxy) is 1. The maximum Gasteiger partial charge on any atom is 0.261 e. The summed E-state index contributed by atoms with van der Waals surface area (Å²) < 4.78 is 6.32. The summed E-state index contributed by atoms with van der Waals surface area (Å²) in [6, 6.07) is 2.09. The molecule has 2 aliphatic rings. The topological polar surface area (TPSA) is 70.2 Å². The van der Waals surface area contributed by atoms with E-state index in [9.17, 15) is 4.79 Å². The van der Waals surface area contributed by atoms with Crippen LogP contribution in [0.15, 0.2) is 18.5 Å². The van der Waals surface area contributed by atoms with Crippen molar-refractivity contribution in [3.63, 3.8) is 0 Å². The van der Waals surface area contributed by atoms with E-state index in [1.165, 1.54) is 16.9 Å². The summed E-state index contributed by atoms with van der Waals surface area (Å²) in [5, 5.41) is 3.02. The summed E-state index contributed by atoms with van der Waals surface area (Å²) in [5.41, 5.74) is 1.09. The molecular formula is C20H28N4O2S. The summed E-state index contributed by atoms with van der Waals surface area (Å²) >= 11 is 1.64. The van der Waals surface area contributed by atoms with Crippen LogP contribution in [0.4, 0.5) is 0 Å². The van der Waals surface area contributed by atoms with Gasteiger partial charge in [-0.25, -0.2) is 4.98 Å². The minimum absolute atomic E-state index is 0.0134. The van der Waals surface area contributed by atoms with Crippen LogP contribution in [0.2, 0.25) is 0 Å². The number of fused-ring (bicyclic) bond motifs is 2. The highest BCUT2D eigenvalue weighted by molar-refractivity contribution is 7.14. The van der Waals surface area contributed by atoms with Gasteiger partial charge in [-0.05, 0) is 37.4 Å². The van der Waals surface area contributed by atoms with Crippen LogP contribution in [-0.4, -0.2) is 53.6 Å². The maximum atomic E-state index is 12.6. The van der Waals surface area contributed by atoms with E-state index >= 15 is 0 Å². The molecule has 1 amide bonds. The molecule has 0 atom stereocenters. The van der Waals surface area contributed by atoms with Gasteiger partial charge in [0.05, 0.1) is 17.1 Å². The van der Waals surface area contributed by atoms with E-state index in [1.807, 2.05) is 0 Å². The molecular weight excluding hydrogens is 360 g/mol. The van der Waals surface area contributed by atoms with Gasteiger partial charge < -0.3 is 19.9 Å². The summed E-state index contributed by atoms with van der Waals surface area (Å²) in [4.78, 5) is 24.5. The molecule has 6 nitrogen and oxygen atoms in total. The van der Waals surface area contributed by atoms with Crippen LogP contribution >= 0.6 is 11.3 Å². The number of amides is 1. The minimum Gasteiger partial charge on any atom is -0.370 e. The SMILES string of the molecule is CCCN1CCC2(CC1)OCCc1sc(C(=O)NCCc3ncc[nH]3)cc12. The first kappa shape index (κ1) is 18.7. The van der Waals surface area contributed by atoms with E-state index in [0.717, 1.165) is 56.2 Å². The standard InChI is InChI=1S/C20H28N4O2S/c1-2-10-24-11-5-20(6-12-24)15-14-17(27-16(15)4-13-26-20)19(25)23-7-3-18-21-8-9-22-18/h8-9,14H,2-7,10-13H2,1H3,(H,21,22)(H,23,25). The number of likely N-dealkylation sites (tertiary alicyclic amines) is 1. The van der Waals surface area contributed by atoms with Crippen LogP contribution in [0.5, 0.6) is 0 Å². The van der Waals surface area contributed by atoms with Crippen LogP contribution in [0.25, 0.3) is 0 Å². The van der Waals surface area contributed by atoms with E-state index in [2.05, 4.69) is 33.2 Å². The Kier molecular flexibility index (Phi) is 5.61. The molecule has 0 saturated carbocycles. The Bertz CT molecular complexity index is 763. The number of aromatic nitrogens is 2. The Morgan fingerprint density at radius 3 is 3.04 bits per heavy atom. The molecule has 0 aromatic carbocycles. The van der Waals surface area contributed by atoms with Crippen LogP contribution in [-0.2, 0) is 23.2 Å². The van der Waals surface area contributed by atoms with Gasteiger partial charge in [0.15, 0.2) is 0 Å². The molecule has 1 fully saturated rings. The van der Waals surface area contributed by atoms with Gasteiger partial charge in [-0.2, -0.15) is 0 Å². The van der Waals surface area contributed by atoms with E-state index in [1.54, 1.807) is 23.7 Å². The number of rotatable bonds is 6. The van der Waals surface area contributed by atoms with Gasteiger partial charge in [0.25, 0.3) is 5.91 Å². The number of thiophene rings is 1. The van der Waals surface area contributed by atoms with E-state index in [4.69, 9.17) is 4.74 Å². The number of piperidine rings is 1. The van der Waals surface area contributed by atoms with Gasteiger partial charge >= 0.3 is 0 Å². The lowest BCUT2D eigenvalue weighted by Gasteiger charge is -2.44. The number of carbonyl (C=O) groups is 1. The molecule has 0 bridgehead atoms. The highest BCUT2D eigenvalue weighted by Crippen LogP contribution is 2.44. The lowest BCUT2D eigenvalue weighted by atomic mass is 9.82. The number of hydrogen-bond acceptors (Lipinski definition) is 5. The van der Waals surface area contributed by atoms with Gasteiger partial charge in [-0.15, -0.1) is 11.3 Å². The summed E-state index contributed by atoms with van der Waals surface area (Å²) in [7, 11) is 0. The molecule has 27 heavy (non-hydrogen) atoms. The first-order valence-corrected chi connectivity index (χ1v) is 10.8. The molecule has 0 unspecified atom stereocenters. The molecule has 146 valence electrons. The van der Waals surface area contributed by atoms with Crippen molar-refractivity contribution >= 4 is 17.2 Å². The number of aromatic amines is 1. The lowest BCUT2D eigenvalue weighted by molar-refractivity contribution is -0.0969. The average Bonchev–Trinajstić information content (AvgIpc) is 3.34. The third-order valence-corrected chi connectivity index (χ3v) is 6.83. The number of hydrogen-bond donors (Lipinski definition) is 2. The fourth-order valence-electron chi connectivity index (χ4n) is 4.21. The normalized spacial score (nSPS) is 19.1. The molecule has 0 radical (unpaired) electrons. The Morgan fingerprint density at radius 1 is 1.44 bits per heavy atom. The molecule has 4 rings (SSSR count). The van der Waals surface area contributed by atoms with Crippen molar-refractivity contribution < 1.29 is 9.53 Å². The predicted molar refractivity (Wildman–Crippen MR) is 106 cm³/mol.